The van der Waals surface area contributed by atoms with Crippen LogP contribution in [0.15, 0.2) is 54.6 Å². The van der Waals surface area contributed by atoms with Gasteiger partial charge in [-0.05, 0) is 50.3 Å². The number of carbonyl (C=O) groups excluding carboxylic acids is 1. The number of rotatable bonds is 8. The first kappa shape index (κ1) is 21.3. The van der Waals surface area contributed by atoms with Crippen molar-refractivity contribution < 1.29 is 13.7 Å². The number of esters is 1. The average Bonchev–Trinajstić information content (AvgIpc) is 2.67. The molecule has 2 rings (SSSR count). The third kappa shape index (κ3) is 6.01. The third-order valence-electron chi connectivity index (χ3n) is 4.37. The lowest BCUT2D eigenvalue weighted by Gasteiger charge is -2.20. The van der Waals surface area contributed by atoms with Crippen LogP contribution in [0.2, 0.25) is 0 Å². The quantitative estimate of drug-likeness (QED) is 0.538. The Balaban J connectivity index is 2.16. The number of ether oxygens (including phenoxy) is 1. The molecule has 0 spiro atoms. The van der Waals surface area contributed by atoms with Gasteiger partial charge in [0.1, 0.15) is 0 Å². The lowest BCUT2D eigenvalue weighted by atomic mass is 9.87. The Labute approximate surface area is 164 Å². The monoisotopic (exact) mass is 387 g/mol. The van der Waals surface area contributed by atoms with Gasteiger partial charge in [-0.2, -0.15) is 0 Å². The second-order valence-electron chi connectivity index (χ2n) is 7.45. The van der Waals surface area contributed by atoms with Crippen molar-refractivity contribution in [3.8, 4) is 11.1 Å². The van der Waals surface area contributed by atoms with E-state index in [0.717, 1.165) is 23.1 Å². The van der Waals surface area contributed by atoms with Crippen LogP contribution < -0.4 is 4.72 Å². The van der Waals surface area contributed by atoms with Crippen molar-refractivity contribution >= 4 is 17.0 Å². The SMILES string of the molecule is COC(=O)C(CCCNS(=O)C(C)(C)C)c1ccccc1-c1ccccc1. The number of hydrogen-bond acceptors (Lipinski definition) is 3. The van der Waals surface area contributed by atoms with Gasteiger partial charge in [-0.25, -0.2) is 8.93 Å². The average molecular weight is 388 g/mol. The molecular formula is C22H29NO3S. The molecule has 0 fully saturated rings. The van der Waals surface area contributed by atoms with E-state index in [1.54, 1.807) is 0 Å². The summed E-state index contributed by atoms with van der Waals surface area (Å²) in [5.74, 6) is -0.591. The van der Waals surface area contributed by atoms with E-state index in [1.165, 1.54) is 7.11 Å². The first-order valence-electron chi connectivity index (χ1n) is 9.22. The number of methoxy groups -OCH3 is 1. The zero-order valence-electron chi connectivity index (χ0n) is 16.5. The molecule has 0 aliphatic carbocycles. The fraction of sp³-hybridized carbons (Fsp3) is 0.409. The zero-order chi connectivity index (χ0) is 19.9. The highest BCUT2D eigenvalue weighted by molar-refractivity contribution is 7.84. The van der Waals surface area contributed by atoms with Crippen LogP contribution in [0.5, 0.6) is 0 Å². The molecule has 146 valence electrons. The van der Waals surface area contributed by atoms with Crippen LogP contribution in [0.3, 0.4) is 0 Å². The molecule has 0 aliphatic heterocycles. The van der Waals surface area contributed by atoms with Crippen LogP contribution in [-0.4, -0.2) is 28.6 Å². The highest BCUT2D eigenvalue weighted by Gasteiger charge is 2.24. The maximum Gasteiger partial charge on any atom is 0.313 e. The summed E-state index contributed by atoms with van der Waals surface area (Å²) in [4.78, 5) is 12.5. The molecule has 27 heavy (non-hydrogen) atoms. The lowest BCUT2D eigenvalue weighted by molar-refractivity contribution is -0.142. The summed E-state index contributed by atoms with van der Waals surface area (Å²) in [6.07, 6.45) is 1.36. The molecule has 4 nitrogen and oxygen atoms in total. The van der Waals surface area contributed by atoms with Gasteiger partial charge in [-0.15, -0.1) is 0 Å². The summed E-state index contributed by atoms with van der Waals surface area (Å²) < 4.78 is 19.9. The van der Waals surface area contributed by atoms with Gasteiger partial charge in [0.25, 0.3) is 0 Å². The molecular weight excluding hydrogens is 358 g/mol. The zero-order valence-corrected chi connectivity index (χ0v) is 17.3. The van der Waals surface area contributed by atoms with Gasteiger partial charge in [-0.3, -0.25) is 4.79 Å². The number of nitrogens with one attached hydrogen (secondary N) is 1. The topological polar surface area (TPSA) is 55.4 Å². The molecule has 1 N–H and O–H groups in total. The fourth-order valence-corrected chi connectivity index (χ4v) is 3.67. The maximum absolute atomic E-state index is 12.5. The Morgan fingerprint density at radius 1 is 1.07 bits per heavy atom. The molecule has 0 amide bonds. The van der Waals surface area contributed by atoms with E-state index in [9.17, 15) is 9.00 Å². The molecule has 0 aromatic heterocycles. The lowest BCUT2D eigenvalue weighted by Crippen LogP contribution is -2.34. The largest absolute Gasteiger partial charge is 0.469 e. The van der Waals surface area contributed by atoms with E-state index in [-0.39, 0.29) is 16.6 Å². The Kier molecular flexibility index (Phi) is 7.75. The Morgan fingerprint density at radius 3 is 2.33 bits per heavy atom. The Morgan fingerprint density at radius 2 is 1.70 bits per heavy atom. The first-order valence-corrected chi connectivity index (χ1v) is 10.4. The highest BCUT2D eigenvalue weighted by atomic mass is 32.2. The van der Waals surface area contributed by atoms with Crippen molar-refractivity contribution in [2.75, 3.05) is 13.7 Å². The standard InChI is InChI=1S/C22H29NO3S/c1-22(2,3)27(25)23-16-10-15-20(21(24)26-4)19-14-9-8-13-18(19)17-11-6-5-7-12-17/h5-9,11-14,20,23H,10,15-16H2,1-4H3. The summed E-state index contributed by atoms with van der Waals surface area (Å²) in [7, 11) is 0.315. The third-order valence-corrected chi connectivity index (χ3v) is 5.94. The maximum atomic E-state index is 12.5. The van der Waals surface area contributed by atoms with Crippen LogP contribution in [0.1, 0.15) is 45.1 Å². The molecule has 0 radical (unpaired) electrons. The van der Waals surface area contributed by atoms with Crippen LogP contribution in [0.25, 0.3) is 11.1 Å². The van der Waals surface area contributed by atoms with Gasteiger partial charge >= 0.3 is 5.97 Å². The summed E-state index contributed by atoms with van der Waals surface area (Å²) in [5, 5.41) is 0. The number of carbonyl (C=O) groups is 1. The minimum atomic E-state index is -1.11. The van der Waals surface area contributed by atoms with Gasteiger partial charge in [0.05, 0.1) is 28.8 Å². The van der Waals surface area contributed by atoms with Gasteiger partial charge in [0.2, 0.25) is 0 Å². The van der Waals surface area contributed by atoms with Crippen LogP contribution >= 0.6 is 0 Å². The van der Waals surface area contributed by atoms with E-state index in [1.807, 2.05) is 75.4 Å². The molecule has 2 aromatic carbocycles. The van der Waals surface area contributed by atoms with Gasteiger partial charge in [0, 0.05) is 6.54 Å². The number of hydrogen-bond donors (Lipinski definition) is 1. The normalized spacial score (nSPS) is 13.8. The summed E-state index contributed by atoms with van der Waals surface area (Å²) in [6, 6.07) is 18.0. The van der Waals surface area contributed by atoms with Crippen molar-refractivity contribution in [3.63, 3.8) is 0 Å². The molecule has 0 aliphatic rings. The van der Waals surface area contributed by atoms with Crippen LogP contribution in [0.4, 0.5) is 0 Å². The van der Waals surface area contributed by atoms with E-state index < -0.39 is 11.0 Å². The molecule has 2 aromatic rings. The van der Waals surface area contributed by atoms with E-state index in [4.69, 9.17) is 4.74 Å². The van der Waals surface area contributed by atoms with Crippen LogP contribution in [0, 0.1) is 0 Å². The minimum absolute atomic E-state index is 0.240. The van der Waals surface area contributed by atoms with Gasteiger partial charge in [-0.1, -0.05) is 54.6 Å². The van der Waals surface area contributed by atoms with Crippen molar-refractivity contribution in [1.82, 2.24) is 4.72 Å². The van der Waals surface area contributed by atoms with E-state index >= 15 is 0 Å². The highest BCUT2D eigenvalue weighted by Crippen LogP contribution is 2.32. The first-order chi connectivity index (χ1) is 12.8. The molecule has 0 saturated heterocycles. The van der Waals surface area contributed by atoms with Crippen molar-refractivity contribution in [1.29, 1.82) is 0 Å². The van der Waals surface area contributed by atoms with Crippen molar-refractivity contribution in [3.05, 3.63) is 60.2 Å². The molecule has 0 heterocycles. The molecule has 0 saturated carbocycles. The molecule has 5 heteroatoms. The van der Waals surface area contributed by atoms with Gasteiger partial charge < -0.3 is 4.74 Å². The smallest absolute Gasteiger partial charge is 0.313 e. The second-order valence-corrected chi connectivity index (χ2v) is 9.50. The minimum Gasteiger partial charge on any atom is -0.469 e. The second kappa shape index (κ2) is 9.81. The van der Waals surface area contributed by atoms with Crippen LogP contribution in [-0.2, 0) is 20.5 Å². The predicted molar refractivity (Wildman–Crippen MR) is 112 cm³/mol. The van der Waals surface area contributed by atoms with E-state index in [0.29, 0.717) is 13.0 Å². The van der Waals surface area contributed by atoms with E-state index in [2.05, 4.69) is 4.72 Å². The van der Waals surface area contributed by atoms with Gasteiger partial charge in [0.15, 0.2) is 0 Å². The van der Waals surface area contributed by atoms with Crippen molar-refractivity contribution in [2.24, 2.45) is 0 Å². The Hall–Kier alpha value is -1.98. The fourth-order valence-electron chi connectivity index (χ4n) is 2.91. The molecule has 2 atom stereocenters. The predicted octanol–water partition coefficient (Wildman–Crippen LogP) is 4.44. The summed E-state index contributed by atoms with van der Waals surface area (Å²) in [5.41, 5.74) is 3.08. The number of benzene rings is 2. The summed E-state index contributed by atoms with van der Waals surface area (Å²) in [6.45, 7) is 6.39. The Bertz CT molecular complexity index is 769. The summed E-state index contributed by atoms with van der Waals surface area (Å²) >= 11 is 0. The van der Waals surface area contributed by atoms with Crippen molar-refractivity contribution in [2.45, 2.75) is 44.3 Å². The molecule has 0 bridgehead atoms. The molecule has 2 unspecified atom stereocenters.